The van der Waals surface area contributed by atoms with Crippen molar-refractivity contribution >= 4 is 5.97 Å². The summed E-state index contributed by atoms with van der Waals surface area (Å²) in [4.78, 5) is 11.1. The fourth-order valence-corrected chi connectivity index (χ4v) is 1.28. The lowest BCUT2D eigenvalue weighted by molar-refractivity contribution is -0.208. The number of aliphatic hydroxyl groups excluding tert-OH is 1. The molecule has 0 spiro atoms. The lowest BCUT2D eigenvalue weighted by atomic mass is 10.2. The highest BCUT2D eigenvalue weighted by atomic mass is 19.4. The number of nitrogens with zero attached hydrogens (tertiary/aromatic N) is 1. The number of carbonyl (C=O) groups is 1. The second-order valence-electron chi connectivity index (χ2n) is 3.14. The molecule has 0 unspecified atom stereocenters. The quantitative estimate of drug-likeness (QED) is 0.791. The largest absolute Gasteiger partial charge is 0.464 e. The summed E-state index contributed by atoms with van der Waals surface area (Å²) in [6.07, 6.45) is -7.38. The molecule has 0 radical (unpaired) electrons. The van der Waals surface area contributed by atoms with Crippen LogP contribution < -0.4 is 0 Å². The van der Waals surface area contributed by atoms with Crippen LogP contribution in [0.3, 0.4) is 0 Å². The number of carbonyl (C=O) groups excluding carboxylic acids is 1. The van der Waals surface area contributed by atoms with Gasteiger partial charge in [-0.2, -0.15) is 13.2 Å². The number of ether oxygens (including phenoxy) is 1. The van der Waals surface area contributed by atoms with Crippen molar-refractivity contribution in [3.05, 3.63) is 23.5 Å². The first-order valence-electron chi connectivity index (χ1n) is 4.27. The minimum Gasteiger partial charge on any atom is -0.464 e. The molecule has 1 heterocycles. The van der Waals surface area contributed by atoms with E-state index < -0.39 is 23.9 Å². The summed E-state index contributed by atoms with van der Waals surface area (Å²) in [6.45, 7) is 0. The first-order valence-corrected chi connectivity index (χ1v) is 4.27. The van der Waals surface area contributed by atoms with Crippen LogP contribution in [0.25, 0.3) is 0 Å². The molecule has 7 heteroatoms. The van der Waals surface area contributed by atoms with E-state index in [0.29, 0.717) is 0 Å². The number of methoxy groups -OCH3 is 1. The number of aliphatic hydroxyl groups is 1. The topological polar surface area (TPSA) is 51.5 Å². The van der Waals surface area contributed by atoms with E-state index >= 15 is 0 Å². The number of hydrogen-bond donors (Lipinski definition) is 1. The number of esters is 1. The van der Waals surface area contributed by atoms with Crippen LogP contribution in [-0.4, -0.2) is 28.9 Å². The van der Waals surface area contributed by atoms with Gasteiger partial charge in [0.05, 0.1) is 12.8 Å². The molecule has 0 aliphatic rings. The van der Waals surface area contributed by atoms with Crippen LogP contribution in [0.15, 0.2) is 12.1 Å². The Labute approximate surface area is 89.2 Å². The maximum atomic E-state index is 12.2. The highest BCUT2D eigenvalue weighted by Crippen LogP contribution is 2.32. The van der Waals surface area contributed by atoms with Gasteiger partial charge in [-0.15, -0.1) is 0 Å². The molecular formula is C9H10F3NO3. The van der Waals surface area contributed by atoms with Crippen molar-refractivity contribution in [2.45, 2.75) is 12.3 Å². The number of hydrogen-bond acceptors (Lipinski definition) is 3. The van der Waals surface area contributed by atoms with Crippen molar-refractivity contribution in [2.24, 2.45) is 7.05 Å². The monoisotopic (exact) mass is 237 g/mol. The van der Waals surface area contributed by atoms with Gasteiger partial charge in [-0.25, -0.2) is 4.79 Å². The standard InChI is InChI=1S/C9H10F3NO3/c1-13-5(7(14)9(10,11)12)3-4-6(13)8(15)16-2/h3-4,7,14H,1-2H3/t7-/m1/s1. The molecule has 1 aromatic rings. The average molecular weight is 237 g/mol. The van der Waals surface area contributed by atoms with Gasteiger partial charge < -0.3 is 14.4 Å². The number of aromatic nitrogens is 1. The lowest BCUT2D eigenvalue weighted by Crippen LogP contribution is -2.23. The minimum absolute atomic E-state index is 0.0548. The molecule has 0 aliphatic heterocycles. The Morgan fingerprint density at radius 1 is 1.50 bits per heavy atom. The summed E-state index contributed by atoms with van der Waals surface area (Å²) in [5.41, 5.74) is -0.464. The van der Waals surface area contributed by atoms with Crippen molar-refractivity contribution in [3.8, 4) is 0 Å². The third-order valence-corrected chi connectivity index (χ3v) is 2.15. The molecule has 1 N–H and O–H groups in total. The summed E-state index contributed by atoms with van der Waals surface area (Å²) in [5, 5.41) is 9.01. The number of halogens is 3. The van der Waals surface area contributed by atoms with E-state index in [1.807, 2.05) is 0 Å². The Hall–Kier alpha value is -1.50. The normalized spacial score (nSPS) is 13.6. The van der Waals surface area contributed by atoms with Gasteiger partial charge in [0.25, 0.3) is 0 Å². The van der Waals surface area contributed by atoms with Crippen molar-refractivity contribution in [1.29, 1.82) is 0 Å². The highest BCUT2D eigenvalue weighted by Gasteiger charge is 2.41. The second-order valence-corrected chi connectivity index (χ2v) is 3.14. The van der Waals surface area contributed by atoms with Crippen molar-refractivity contribution in [3.63, 3.8) is 0 Å². The van der Waals surface area contributed by atoms with Crippen molar-refractivity contribution in [1.82, 2.24) is 4.57 Å². The second kappa shape index (κ2) is 4.17. The molecule has 0 aromatic carbocycles. The smallest absolute Gasteiger partial charge is 0.420 e. The van der Waals surface area contributed by atoms with Gasteiger partial charge in [0, 0.05) is 7.05 Å². The molecule has 0 saturated carbocycles. The number of rotatable bonds is 2. The predicted octanol–water partition coefficient (Wildman–Crippen LogP) is 1.41. The van der Waals surface area contributed by atoms with Crippen molar-refractivity contribution < 1.29 is 27.8 Å². The first-order chi connectivity index (χ1) is 7.29. The summed E-state index contributed by atoms with van der Waals surface area (Å²) >= 11 is 0. The third-order valence-electron chi connectivity index (χ3n) is 2.15. The fraction of sp³-hybridized carbons (Fsp3) is 0.444. The third kappa shape index (κ3) is 2.19. The molecular weight excluding hydrogens is 227 g/mol. The summed E-state index contributed by atoms with van der Waals surface area (Å²) in [6, 6.07) is 2.19. The van der Waals surface area contributed by atoms with Crippen LogP contribution in [0.2, 0.25) is 0 Å². The Bertz CT molecular complexity index is 397. The molecule has 90 valence electrons. The van der Waals surface area contributed by atoms with Gasteiger partial charge in [-0.1, -0.05) is 0 Å². The van der Waals surface area contributed by atoms with Gasteiger partial charge in [-0.05, 0) is 12.1 Å². The average Bonchev–Trinajstić information content (AvgIpc) is 2.56. The SMILES string of the molecule is COC(=O)c1ccc([C@@H](O)C(F)(F)F)n1C. The van der Waals surface area contributed by atoms with Crippen LogP contribution in [0.1, 0.15) is 22.3 Å². The summed E-state index contributed by atoms with van der Waals surface area (Å²) < 4.78 is 42.0. The van der Waals surface area contributed by atoms with E-state index in [9.17, 15) is 18.0 Å². The van der Waals surface area contributed by atoms with E-state index in [4.69, 9.17) is 5.11 Å². The van der Waals surface area contributed by atoms with E-state index in [1.54, 1.807) is 0 Å². The Balaban J connectivity index is 3.10. The van der Waals surface area contributed by atoms with Crippen LogP contribution in [0, 0.1) is 0 Å². The first kappa shape index (κ1) is 12.6. The minimum atomic E-state index is -4.76. The van der Waals surface area contributed by atoms with E-state index in [0.717, 1.165) is 23.8 Å². The summed E-state index contributed by atoms with van der Waals surface area (Å²) in [7, 11) is 2.37. The van der Waals surface area contributed by atoms with Gasteiger partial charge in [0.2, 0.25) is 0 Å². The molecule has 0 saturated heterocycles. The van der Waals surface area contributed by atoms with Crippen LogP contribution in [0.4, 0.5) is 13.2 Å². The van der Waals surface area contributed by atoms with E-state index in [-0.39, 0.29) is 5.69 Å². The van der Waals surface area contributed by atoms with Crippen LogP contribution in [-0.2, 0) is 11.8 Å². The molecule has 0 amide bonds. The molecule has 0 fully saturated rings. The zero-order valence-corrected chi connectivity index (χ0v) is 8.58. The predicted molar refractivity (Wildman–Crippen MR) is 47.8 cm³/mol. The molecule has 1 atom stereocenters. The molecule has 4 nitrogen and oxygen atoms in total. The van der Waals surface area contributed by atoms with Crippen LogP contribution in [0.5, 0.6) is 0 Å². The van der Waals surface area contributed by atoms with Crippen LogP contribution >= 0.6 is 0 Å². The van der Waals surface area contributed by atoms with Crippen molar-refractivity contribution in [2.75, 3.05) is 7.11 Å². The van der Waals surface area contributed by atoms with E-state index in [2.05, 4.69) is 4.74 Å². The van der Waals surface area contributed by atoms with Gasteiger partial charge >= 0.3 is 12.1 Å². The maximum Gasteiger partial charge on any atom is 0.420 e. The Morgan fingerprint density at radius 2 is 2.06 bits per heavy atom. The zero-order chi connectivity index (χ0) is 12.5. The Morgan fingerprint density at radius 3 is 2.50 bits per heavy atom. The van der Waals surface area contributed by atoms with E-state index in [1.165, 1.54) is 7.05 Å². The Kier molecular flexibility index (Phi) is 3.27. The molecule has 1 rings (SSSR count). The maximum absolute atomic E-state index is 12.2. The van der Waals surface area contributed by atoms with Gasteiger partial charge in [0.15, 0.2) is 6.10 Å². The molecule has 16 heavy (non-hydrogen) atoms. The zero-order valence-electron chi connectivity index (χ0n) is 8.58. The van der Waals surface area contributed by atoms with Gasteiger partial charge in [0.1, 0.15) is 5.69 Å². The molecule has 0 bridgehead atoms. The molecule has 0 aliphatic carbocycles. The molecule has 1 aromatic heterocycles. The number of alkyl halides is 3. The van der Waals surface area contributed by atoms with Gasteiger partial charge in [-0.3, -0.25) is 0 Å². The lowest BCUT2D eigenvalue weighted by Gasteiger charge is -2.15. The highest BCUT2D eigenvalue weighted by molar-refractivity contribution is 5.87. The summed E-state index contributed by atoms with van der Waals surface area (Å²) in [5.74, 6) is -0.761. The fourth-order valence-electron chi connectivity index (χ4n) is 1.28.